The van der Waals surface area contributed by atoms with E-state index in [4.69, 9.17) is 9.47 Å². The van der Waals surface area contributed by atoms with Crippen LogP contribution in [0.3, 0.4) is 0 Å². The third-order valence-corrected chi connectivity index (χ3v) is 3.05. The third-order valence-electron chi connectivity index (χ3n) is 3.05. The van der Waals surface area contributed by atoms with E-state index in [0.717, 1.165) is 6.07 Å². The predicted molar refractivity (Wildman–Crippen MR) is 73.0 cm³/mol. The molecule has 0 aliphatic rings. The van der Waals surface area contributed by atoms with E-state index in [2.05, 4.69) is 0 Å². The van der Waals surface area contributed by atoms with Crippen LogP contribution in [0.4, 0.5) is 4.39 Å². The zero-order valence-corrected chi connectivity index (χ0v) is 12.1. The molecule has 1 aromatic carbocycles. The van der Waals surface area contributed by atoms with Gasteiger partial charge in [0.05, 0.1) is 13.2 Å². The van der Waals surface area contributed by atoms with E-state index in [9.17, 15) is 19.1 Å². The zero-order chi connectivity index (χ0) is 15.9. The van der Waals surface area contributed by atoms with Gasteiger partial charge in [-0.15, -0.1) is 0 Å². The fraction of sp³-hybridized carbons (Fsp3) is 0.467. The zero-order valence-electron chi connectivity index (χ0n) is 12.1. The molecule has 0 saturated heterocycles. The Bertz CT molecular complexity index is 483. The van der Waals surface area contributed by atoms with E-state index in [0.29, 0.717) is 0 Å². The van der Waals surface area contributed by atoms with E-state index in [-0.39, 0.29) is 25.2 Å². The quantitative estimate of drug-likeness (QED) is 0.611. The minimum Gasteiger partial charge on any atom is -0.465 e. The average molecular weight is 298 g/mol. The molecule has 116 valence electrons. The lowest BCUT2D eigenvalue weighted by Crippen LogP contribution is -2.47. The summed E-state index contributed by atoms with van der Waals surface area (Å²) in [5, 5.41) is 9.26. The highest BCUT2D eigenvalue weighted by molar-refractivity contribution is 6.06. The highest BCUT2D eigenvalue weighted by Crippen LogP contribution is 2.32. The van der Waals surface area contributed by atoms with E-state index < -0.39 is 29.8 Å². The number of aliphatic hydroxyl groups is 1. The summed E-state index contributed by atoms with van der Waals surface area (Å²) in [4.78, 5) is 24.7. The van der Waals surface area contributed by atoms with Crippen LogP contribution in [-0.4, -0.2) is 36.9 Å². The van der Waals surface area contributed by atoms with E-state index >= 15 is 0 Å². The van der Waals surface area contributed by atoms with Crippen molar-refractivity contribution in [3.8, 4) is 0 Å². The molecule has 0 saturated carbocycles. The van der Waals surface area contributed by atoms with Crippen LogP contribution in [-0.2, 0) is 24.5 Å². The van der Waals surface area contributed by atoms with E-state index in [1.807, 2.05) is 0 Å². The highest BCUT2D eigenvalue weighted by atomic mass is 19.1. The molecule has 6 heteroatoms. The Morgan fingerprint density at radius 1 is 1.19 bits per heavy atom. The summed E-state index contributed by atoms with van der Waals surface area (Å²) in [6.07, 6.45) is -0.242. The molecular weight excluding hydrogens is 279 g/mol. The minimum atomic E-state index is -1.86. The van der Waals surface area contributed by atoms with Crippen molar-refractivity contribution in [2.75, 3.05) is 19.8 Å². The summed E-state index contributed by atoms with van der Waals surface area (Å²) in [5.74, 6) is -2.31. The molecule has 0 spiro atoms. The summed E-state index contributed by atoms with van der Waals surface area (Å²) in [6, 6.07) is 5.09. The van der Waals surface area contributed by atoms with Crippen LogP contribution in [0, 0.1) is 5.82 Å². The standard InChI is InChI=1S/C15H19FO5/c1-3-20-13(18)15(8-9-17,14(19)21-4-2)11-6-5-7-12(16)10-11/h5-7,10,17H,3-4,8-9H2,1-2H3. The number of esters is 2. The Morgan fingerprint density at radius 3 is 2.19 bits per heavy atom. The number of carbonyl (C=O) groups is 2. The molecule has 0 unspecified atom stereocenters. The molecule has 0 aliphatic heterocycles. The fourth-order valence-corrected chi connectivity index (χ4v) is 2.10. The third kappa shape index (κ3) is 3.58. The Hall–Kier alpha value is -1.95. The maximum atomic E-state index is 13.5. The monoisotopic (exact) mass is 298 g/mol. The van der Waals surface area contributed by atoms with Crippen LogP contribution in [0.1, 0.15) is 25.8 Å². The SMILES string of the molecule is CCOC(=O)C(CCO)(C(=O)OCC)c1cccc(F)c1. The van der Waals surface area contributed by atoms with Crippen molar-refractivity contribution in [2.45, 2.75) is 25.7 Å². The molecule has 0 radical (unpaired) electrons. The van der Waals surface area contributed by atoms with Gasteiger partial charge in [-0.3, -0.25) is 9.59 Å². The largest absolute Gasteiger partial charge is 0.465 e. The summed E-state index contributed by atoms with van der Waals surface area (Å²) < 4.78 is 23.4. The lowest BCUT2D eigenvalue weighted by atomic mass is 9.77. The molecule has 1 rings (SSSR count). The second-order valence-electron chi connectivity index (χ2n) is 4.33. The molecule has 0 fully saturated rings. The predicted octanol–water partition coefficient (Wildman–Crippen LogP) is 1.57. The van der Waals surface area contributed by atoms with Crippen LogP contribution in [0.15, 0.2) is 24.3 Å². The Balaban J connectivity index is 3.42. The van der Waals surface area contributed by atoms with Gasteiger partial charge >= 0.3 is 11.9 Å². The number of hydrogen-bond acceptors (Lipinski definition) is 5. The summed E-state index contributed by atoms with van der Waals surface area (Å²) in [5.41, 5.74) is -1.75. The smallest absolute Gasteiger partial charge is 0.328 e. The van der Waals surface area contributed by atoms with Crippen LogP contribution in [0.5, 0.6) is 0 Å². The molecule has 1 aromatic rings. The molecule has 1 N–H and O–H groups in total. The average Bonchev–Trinajstić information content (AvgIpc) is 2.45. The van der Waals surface area contributed by atoms with Crippen molar-refractivity contribution < 1.29 is 28.6 Å². The van der Waals surface area contributed by atoms with Crippen LogP contribution < -0.4 is 0 Å². The lowest BCUT2D eigenvalue weighted by Gasteiger charge is -2.29. The van der Waals surface area contributed by atoms with Gasteiger partial charge in [-0.2, -0.15) is 0 Å². The number of carbonyl (C=O) groups excluding carboxylic acids is 2. The highest BCUT2D eigenvalue weighted by Gasteiger charge is 2.50. The number of benzene rings is 1. The van der Waals surface area contributed by atoms with Gasteiger partial charge in [-0.05, 0) is 31.5 Å². The van der Waals surface area contributed by atoms with Crippen LogP contribution in [0.25, 0.3) is 0 Å². The second-order valence-corrected chi connectivity index (χ2v) is 4.33. The minimum absolute atomic E-state index is 0.0563. The Morgan fingerprint density at radius 2 is 1.76 bits per heavy atom. The fourth-order valence-electron chi connectivity index (χ4n) is 2.10. The first kappa shape index (κ1) is 17.1. The second kappa shape index (κ2) is 7.73. The van der Waals surface area contributed by atoms with Crippen molar-refractivity contribution in [3.63, 3.8) is 0 Å². The molecular formula is C15H19FO5. The molecule has 0 bridgehead atoms. The first-order valence-corrected chi connectivity index (χ1v) is 6.74. The lowest BCUT2D eigenvalue weighted by molar-refractivity contribution is -0.165. The molecule has 0 atom stereocenters. The molecule has 5 nitrogen and oxygen atoms in total. The first-order valence-electron chi connectivity index (χ1n) is 6.74. The topological polar surface area (TPSA) is 72.8 Å². The number of hydrogen-bond donors (Lipinski definition) is 1. The molecule has 0 aromatic heterocycles. The van der Waals surface area contributed by atoms with Gasteiger partial charge in [-0.1, -0.05) is 12.1 Å². The maximum Gasteiger partial charge on any atom is 0.328 e. The maximum absolute atomic E-state index is 13.5. The van der Waals surface area contributed by atoms with E-state index in [1.54, 1.807) is 13.8 Å². The van der Waals surface area contributed by atoms with Crippen molar-refractivity contribution in [2.24, 2.45) is 0 Å². The summed E-state index contributed by atoms with van der Waals surface area (Å²) in [7, 11) is 0. The number of rotatable bonds is 7. The summed E-state index contributed by atoms with van der Waals surface area (Å²) in [6.45, 7) is 2.85. The first-order chi connectivity index (χ1) is 10.0. The van der Waals surface area contributed by atoms with Crippen LogP contribution >= 0.6 is 0 Å². The van der Waals surface area contributed by atoms with Gasteiger partial charge < -0.3 is 14.6 Å². The summed E-state index contributed by atoms with van der Waals surface area (Å²) >= 11 is 0. The van der Waals surface area contributed by atoms with Crippen molar-refractivity contribution in [1.29, 1.82) is 0 Å². The van der Waals surface area contributed by atoms with Crippen molar-refractivity contribution in [3.05, 3.63) is 35.6 Å². The van der Waals surface area contributed by atoms with E-state index in [1.165, 1.54) is 18.2 Å². The van der Waals surface area contributed by atoms with Crippen molar-refractivity contribution in [1.82, 2.24) is 0 Å². The van der Waals surface area contributed by atoms with Gasteiger partial charge in [0.25, 0.3) is 0 Å². The molecule has 21 heavy (non-hydrogen) atoms. The molecule has 0 amide bonds. The van der Waals surface area contributed by atoms with Gasteiger partial charge in [0.15, 0.2) is 5.41 Å². The van der Waals surface area contributed by atoms with Gasteiger partial charge in [0, 0.05) is 13.0 Å². The van der Waals surface area contributed by atoms with Gasteiger partial charge in [0.2, 0.25) is 0 Å². The molecule has 0 heterocycles. The number of aliphatic hydroxyl groups excluding tert-OH is 1. The Labute approximate surface area is 122 Å². The number of ether oxygens (including phenoxy) is 2. The van der Waals surface area contributed by atoms with Gasteiger partial charge in [-0.25, -0.2) is 4.39 Å². The van der Waals surface area contributed by atoms with Crippen LogP contribution in [0.2, 0.25) is 0 Å². The Kier molecular flexibility index (Phi) is 6.30. The molecule has 0 aliphatic carbocycles. The number of halogens is 1. The normalized spacial score (nSPS) is 11.0. The van der Waals surface area contributed by atoms with Crippen molar-refractivity contribution >= 4 is 11.9 Å². The van der Waals surface area contributed by atoms with Gasteiger partial charge in [0.1, 0.15) is 5.82 Å².